The summed E-state index contributed by atoms with van der Waals surface area (Å²) in [6.45, 7) is 3.97. The van der Waals surface area contributed by atoms with E-state index in [2.05, 4.69) is 17.7 Å². The molecule has 0 radical (unpaired) electrons. The van der Waals surface area contributed by atoms with Crippen molar-refractivity contribution in [2.24, 2.45) is 0 Å². The van der Waals surface area contributed by atoms with Crippen LogP contribution in [0, 0.1) is 17.1 Å². The number of nitrogens with zero attached hydrogens (tertiary/aromatic N) is 3. The number of hydrogen-bond donors (Lipinski definition) is 0. The first kappa shape index (κ1) is 20.3. The fourth-order valence-electron chi connectivity index (χ4n) is 2.99. The van der Waals surface area contributed by atoms with Gasteiger partial charge in [0.15, 0.2) is 21.4 Å². The number of sulfone groups is 1. The second-order valence-electron chi connectivity index (χ2n) is 6.30. The summed E-state index contributed by atoms with van der Waals surface area (Å²) in [5, 5.41) is 14.2. The molecule has 8 heteroatoms. The molecule has 3 aromatic rings. The summed E-state index contributed by atoms with van der Waals surface area (Å²) in [5.41, 5.74) is 2.19. The second-order valence-corrected chi connectivity index (χ2v) is 8.32. The van der Waals surface area contributed by atoms with Gasteiger partial charge in [0.25, 0.3) is 0 Å². The molecule has 3 rings (SSSR count). The maximum atomic E-state index is 14.3. The summed E-state index contributed by atoms with van der Waals surface area (Å²) in [4.78, 5) is 0.171. The van der Waals surface area contributed by atoms with E-state index in [4.69, 9.17) is 4.74 Å². The molecule has 0 bridgehead atoms. The number of allylic oxidation sites excluding steroid dienone is 1. The monoisotopic (exact) mass is 411 g/mol. The van der Waals surface area contributed by atoms with Crippen LogP contribution < -0.4 is 4.74 Å². The van der Waals surface area contributed by atoms with Gasteiger partial charge in [-0.1, -0.05) is 24.3 Å². The molecular formula is C21H18FN3O3S. The summed E-state index contributed by atoms with van der Waals surface area (Å²) in [7, 11) is -1.98. The molecule has 29 heavy (non-hydrogen) atoms. The van der Waals surface area contributed by atoms with E-state index >= 15 is 0 Å². The first-order valence-electron chi connectivity index (χ1n) is 8.56. The van der Waals surface area contributed by atoms with Crippen LogP contribution in [0.25, 0.3) is 22.4 Å². The molecule has 0 aliphatic carbocycles. The minimum atomic E-state index is -3.35. The van der Waals surface area contributed by atoms with Gasteiger partial charge in [-0.3, -0.25) is 0 Å². The number of ether oxygens (including phenoxy) is 1. The van der Waals surface area contributed by atoms with Crippen molar-refractivity contribution in [3.05, 3.63) is 66.6 Å². The summed E-state index contributed by atoms with van der Waals surface area (Å²) in [6.07, 6.45) is 2.73. The fraction of sp³-hybridized carbons (Fsp3) is 0.143. The average Bonchev–Trinajstić information content (AvgIpc) is 3.06. The summed E-state index contributed by atoms with van der Waals surface area (Å²) in [6, 6.07) is 12.7. The van der Waals surface area contributed by atoms with Gasteiger partial charge in [-0.2, -0.15) is 10.4 Å². The van der Waals surface area contributed by atoms with Crippen LogP contribution >= 0.6 is 0 Å². The summed E-state index contributed by atoms with van der Waals surface area (Å²) < 4.78 is 44.2. The Kier molecular flexibility index (Phi) is 5.52. The van der Waals surface area contributed by atoms with Crippen LogP contribution in [0.1, 0.15) is 5.69 Å². The van der Waals surface area contributed by atoms with Gasteiger partial charge in [0.1, 0.15) is 17.5 Å². The highest BCUT2D eigenvalue weighted by molar-refractivity contribution is 7.90. The summed E-state index contributed by atoms with van der Waals surface area (Å²) >= 11 is 0. The largest absolute Gasteiger partial charge is 0.494 e. The number of halogens is 1. The molecular weight excluding hydrogens is 393 g/mol. The zero-order valence-corrected chi connectivity index (χ0v) is 16.7. The van der Waals surface area contributed by atoms with Crippen molar-refractivity contribution in [3.8, 4) is 34.2 Å². The van der Waals surface area contributed by atoms with Crippen LogP contribution in [0.4, 0.5) is 4.39 Å². The third-order valence-electron chi connectivity index (χ3n) is 4.36. The van der Waals surface area contributed by atoms with Crippen LogP contribution in [0.5, 0.6) is 5.75 Å². The van der Waals surface area contributed by atoms with Crippen molar-refractivity contribution in [2.75, 3.05) is 13.4 Å². The van der Waals surface area contributed by atoms with Crippen LogP contribution in [0.15, 0.2) is 60.0 Å². The number of aromatic nitrogens is 2. The molecule has 0 aliphatic rings. The van der Waals surface area contributed by atoms with E-state index in [1.54, 1.807) is 24.3 Å². The van der Waals surface area contributed by atoms with Gasteiger partial charge in [0.2, 0.25) is 0 Å². The summed E-state index contributed by atoms with van der Waals surface area (Å²) in [5.74, 6) is -0.478. The first-order chi connectivity index (χ1) is 13.8. The van der Waals surface area contributed by atoms with Gasteiger partial charge < -0.3 is 4.74 Å². The lowest BCUT2D eigenvalue weighted by Crippen LogP contribution is -2.00. The molecule has 0 amide bonds. The molecule has 0 saturated carbocycles. The Morgan fingerprint density at radius 3 is 2.41 bits per heavy atom. The van der Waals surface area contributed by atoms with Crippen molar-refractivity contribution in [3.63, 3.8) is 0 Å². The van der Waals surface area contributed by atoms with Crippen LogP contribution in [-0.4, -0.2) is 31.6 Å². The molecule has 148 valence electrons. The third-order valence-corrected chi connectivity index (χ3v) is 5.49. The topological polar surface area (TPSA) is 85.0 Å². The van der Waals surface area contributed by atoms with Crippen LogP contribution in [-0.2, 0) is 16.4 Å². The molecule has 0 unspecified atom stereocenters. The average molecular weight is 411 g/mol. The maximum Gasteiger partial charge on any atom is 0.175 e. The van der Waals surface area contributed by atoms with E-state index in [-0.39, 0.29) is 22.9 Å². The Labute approximate surface area is 168 Å². The van der Waals surface area contributed by atoms with Gasteiger partial charge in [0, 0.05) is 17.4 Å². The van der Waals surface area contributed by atoms with E-state index in [1.165, 1.54) is 36.1 Å². The van der Waals surface area contributed by atoms with Gasteiger partial charge in [0.05, 0.1) is 18.6 Å². The molecule has 1 aromatic heterocycles. The lowest BCUT2D eigenvalue weighted by atomic mass is 9.99. The molecule has 0 aliphatic heterocycles. The van der Waals surface area contributed by atoms with Crippen molar-refractivity contribution in [1.29, 1.82) is 5.26 Å². The van der Waals surface area contributed by atoms with Crippen LogP contribution in [0.2, 0.25) is 0 Å². The molecule has 0 spiro atoms. The Morgan fingerprint density at radius 2 is 1.90 bits per heavy atom. The highest BCUT2D eigenvalue weighted by Gasteiger charge is 2.22. The predicted molar refractivity (Wildman–Crippen MR) is 108 cm³/mol. The fourth-order valence-corrected chi connectivity index (χ4v) is 3.62. The van der Waals surface area contributed by atoms with E-state index in [9.17, 15) is 18.1 Å². The van der Waals surface area contributed by atoms with Crippen molar-refractivity contribution >= 4 is 9.84 Å². The molecule has 0 saturated heterocycles. The molecule has 0 N–H and O–H groups in total. The molecule has 0 atom stereocenters. The quantitative estimate of drug-likeness (QED) is 0.576. The Bertz CT molecular complexity index is 1220. The Balaban J connectivity index is 2.25. The van der Waals surface area contributed by atoms with E-state index in [0.29, 0.717) is 22.4 Å². The minimum Gasteiger partial charge on any atom is -0.494 e. The number of methoxy groups -OCH3 is 1. The van der Waals surface area contributed by atoms with Gasteiger partial charge in [-0.15, -0.1) is 6.58 Å². The van der Waals surface area contributed by atoms with Crippen molar-refractivity contribution in [2.45, 2.75) is 11.4 Å². The Morgan fingerprint density at radius 1 is 1.24 bits per heavy atom. The van der Waals surface area contributed by atoms with Gasteiger partial charge in [-0.05, 0) is 29.8 Å². The number of benzene rings is 2. The Hall–Kier alpha value is -3.44. The third kappa shape index (κ3) is 3.91. The zero-order chi connectivity index (χ0) is 21.2. The maximum absolute atomic E-state index is 14.3. The van der Waals surface area contributed by atoms with E-state index in [0.717, 1.165) is 6.26 Å². The zero-order valence-electron chi connectivity index (χ0n) is 15.9. The van der Waals surface area contributed by atoms with Gasteiger partial charge in [-0.25, -0.2) is 17.5 Å². The molecule has 0 fully saturated rings. The lowest BCUT2D eigenvalue weighted by molar-refractivity contribution is 0.386. The second kappa shape index (κ2) is 7.89. The SMILES string of the molecule is C=CCn1nc(-c2ccc(S(C)(=O)=O)cc2)c(-c2ccc(OC)c(F)c2)c1C#N. The molecule has 6 nitrogen and oxygen atoms in total. The molecule has 1 heterocycles. The molecule has 2 aromatic carbocycles. The predicted octanol–water partition coefficient (Wildman–Crippen LogP) is 3.83. The van der Waals surface area contributed by atoms with Crippen LogP contribution in [0.3, 0.4) is 0 Å². The standard InChI is InChI=1S/C21H18FN3O3S/c1-4-11-25-18(13-23)20(15-7-10-19(28-2)17(22)12-15)21(24-25)14-5-8-16(9-6-14)29(3,26)27/h4-10,12H,1,11H2,2-3H3. The number of nitriles is 1. The van der Waals surface area contributed by atoms with Gasteiger partial charge >= 0.3 is 0 Å². The van der Waals surface area contributed by atoms with Crippen molar-refractivity contribution < 1.29 is 17.5 Å². The van der Waals surface area contributed by atoms with E-state index < -0.39 is 15.7 Å². The first-order valence-corrected chi connectivity index (χ1v) is 10.5. The number of rotatable bonds is 6. The smallest absolute Gasteiger partial charge is 0.175 e. The highest BCUT2D eigenvalue weighted by atomic mass is 32.2. The highest BCUT2D eigenvalue weighted by Crippen LogP contribution is 2.36. The lowest BCUT2D eigenvalue weighted by Gasteiger charge is -2.07. The van der Waals surface area contributed by atoms with E-state index in [1.807, 2.05) is 0 Å². The minimum absolute atomic E-state index is 0.0878. The van der Waals surface area contributed by atoms with Crippen molar-refractivity contribution in [1.82, 2.24) is 9.78 Å². The normalized spacial score (nSPS) is 11.1. The number of hydrogen-bond acceptors (Lipinski definition) is 5.